The molecule has 0 unspecified atom stereocenters. The number of carbonyl (C=O) groups excluding carboxylic acids is 1. The lowest BCUT2D eigenvalue weighted by Gasteiger charge is -2.06. The lowest BCUT2D eigenvalue weighted by Crippen LogP contribution is -2.24. The van der Waals surface area contributed by atoms with Crippen LogP contribution < -0.4 is 5.32 Å². The molecule has 7 nitrogen and oxygen atoms in total. The van der Waals surface area contributed by atoms with E-state index in [9.17, 15) is 4.79 Å². The largest absolute Gasteiger partial charge is 0.351 e. The summed E-state index contributed by atoms with van der Waals surface area (Å²) in [5.41, 5.74) is 3.14. The zero-order chi connectivity index (χ0) is 19.3. The van der Waals surface area contributed by atoms with Gasteiger partial charge in [-0.3, -0.25) is 9.78 Å². The maximum Gasteiger partial charge on any atom is 0.230 e. The average molecular weight is 411 g/mol. The molecule has 4 rings (SSSR count). The molecule has 0 saturated heterocycles. The number of thioether (sulfide) groups is 1. The first kappa shape index (κ1) is 18.4. The Morgan fingerprint density at radius 2 is 2.00 bits per heavy atom. The number of pyridine rings is 1. The maximum atomic E-state index is 12.2. The van der Waals surface area contributed by atoms with Crippen LogP contribution in [0, 0.1) is 0 Å². The summed E-state index contributed by atoms with van der Waals surface area (Å²) in [6.45, 7) is 0.378. The highest BCUT2D eigenvalue weighted by molar-refractivity contribution is 7.99. The molecular weight excluding hydrogens is 396 g/mol. The number of fused-ring (bicyclic) bond motifs is 1. The van der Waals surface area contributed by atoms with Gasteiger partial charge in [-0.15, -0.1) is 10.2 Å². The molecule has 0 radical (unpaired) electrons. The van der Waals surface area contributed by atoms with Gasteiger partial charge in [0.1, 0.15) is 0 Å². The highest BCUT2D eigenvalue weighted by Crippen LogP contribution is 2.20. The lowest BCUT2D eigenvalue weighted by atomic mass is 10.2. The molecule has 9 heteroatoms. The van der Waals surface area contributed by atoms with E-state index in [0.29, 0.717) is 22.4 Å². The van der Waals surface area contributed by atoms with Crippen LogP contribution in [0.5, 0.6) is 0 Å². The summed E-state index contributed by atoms with van der Waals surface area (Å²) in [7, 11) is 0. The molecule has 0 aliphatic carbocycles. The highest BCUT2D eigenvalue weighted by atomic mass is 35.5. The quantitative estimate of drug-likeness (QED) is 0.491. The van der Waals surface area contributed by atoms with Crippen LogP contribution in [0.1, 0.15) is 5.56 Å². The molecule has 4 aromatic rings. The lowest BCUT2D eigenvalue weighted by molar-refractivity contribution is -0.118. The summed E-state index contributed by atoms with van der Waals surface area (Å²) >= 11 is 7.38. The van der Waals surface area contributed by atoms with Gasteiger partial charge < -0.3 is 5.32 Å². The molecule has 0 spiro atoms. The van der Waals surface area contributed by atoms with Gasteiger partial charge in [-0.2, -0.15) is 9.61 Å². The second-order valence-electron chi connectivity index (χ2n) is 5.87. The first-order valence-corrected chi connectivity index (χ1v) is 9.83. The van der Waals surface area contributed by atoms with E-state index in [4.69, 9.17) is 11.6 Å². The van der Waals surface area contributed by atoms with Crippen molar-refractivity contribution in [2.75, 3.05) is 5.75 Å². The Morgan fingerprint density at radius 1 is 1.11 bits per heavy atom. The number of aromatic nitrogens is 5. The van der Waals surface area contributed by atoms with E-state index >= 15 is 0 Å². The van der Waals surface area contributed by atoms with E-state index in [2.05, 4.69) is 25.6 Å². The van der Waals surface area contributed by atoms with Crippen LogP contribution in [0.15, 0.2) is 66.1 Å². The molecule has 1 amide bonds. The van der Waals surface area contributed by atoms with Gasteiger partial charge in [-0.05, 0) is 35.9 Å². The van der Waals surface area contributed by atoms with Crippen LogP contribution >= 0.6 is 23.4 Å². The fourth-order valence-corrected chi connectivity index (χ4v) is 3.46. The smallest absolute Gasteiger partial charge is 0.230 e. The van der Waals surface area contributed by atoms with Crippen molar-refractivity contribution in [2.45, 2.75) is 11.7 Å². The van der Waals surface area contributed by atoms with Crippen molar-refractivity contribution in [1.29, 1.82) is 0 Å². The number of amides is 1. The summed E-state index contributed by atoms with van der Waals surface area (Å²) in [4.78, 5) is 16.3. The van der Waals surface area contributed by atoms with Crippen LogP contribution in [0.3, 0.4) is 0 Å². The molecule has 28 heavy (non-hydrogen) atoms. The first-order chi connectivity index (χ1) is 13.7. The number of halogens is 1. The number of benzene rings is 1. The van der Waals surface area contributed by atoms with E-state index in [1.165, 1.54) is 11.8 Å². The molecule has 0 saturated carbocycles. The van der Waals surface area contributed by atoms with E-state index in [1.54, 1.807) is 23.0 Å². The zero-order valence-electron chi connectivity index (χ0n) is 14.6. The summed E-state index contributed by atoms with van der Waals surface area (Å²) in [5, 5.41) is 16.8. The first-order valence-electron chi connectivity index (χ1n) is 8.46. The third-order valence-electron chi connectivity index (χ3n) is 3.96. The van der Waals surface area contributed by atoms with Crippen molar-refractivity contribution in [3.63, 3.8) is 0 Å². The number of hydrogen-bond donors (Lipinski definition) is 1. The van der Waals surface area contributed by atoms with Crippen molar-refractivity contribution in [2.24, 2.45) is 0 Å². The van der Waals surface area contributed by atoms with E-state index < -0.39 is 0 Å². The van der Waals surface area contributed by atoms with Crippen LogP contribution in [-0.2, 0) is 11.3 Å². The Kier molecular flexibility index (Phi) is 5.50. The topological polar surface area (TPSA) is 85.1 Å². The van der Waals surface area contributed by atoms with Gasteiger partial charge in [0.25, 0.3) is 0 Å². The number of nitrogens with zero attached hydrogens (tertiary/aromatic N) is 5. The molecule has 0 aliphatic rings. The number of rotatable bonds is 6. The van der Waals surface area contributed by atoms with E-state index in [0.717, 1.165) is 16.8 Å². The Bertz CT molecular complexity index is 1120. The molecular formula is C19H15ClN6OS. The number of carbonyl (C=O) groups is 1. The average Bonchev–Trinajstić information content (AvgIpc) is 3.14. The molecule has 0 atom stereocenters. The SMILES string of the molecule is O=C(CSc1nnc2ccc(-c3cccnc3)nn12)NCc1ccccc1Cl. The summed E-state index contributed by atoms with van der Waals surface area (Å²) in [5.74, 6) is 0.0782. The van der Waals surface area contributed by atoms with Gasteiger partial charge >= 0.3 is 0 Å². The molecule has 0 fully saturated rings. The van der Waals surface area contributed by atoms with Crippen LogP contribution in [0.2, 0.25) is 5.02 Å². The molecule has 0 aliphatic heterocycles. The predicted octanol–water partition coefficient (Wildman–Crippen LogP) is 3.25. The van der Waals surface area contributed by atoms with Gasteiger partial charge in [-0.25, -0.2) is 0 Å². The van der Waals surface area contributed by atoms with Crippen LogP contribution in [0.4, 0.5) is 0 Å². The van der Waals surface area contributed by atoms with Gasteiger partial charge in [0.15, 0.2) is 5.65 Å². The van der Waals surface area contributed by atoms with E-state index in [-0.39, 0.29) is 11.7 Å². The maximum absolute atomic E-state index is 12.2. The van der Waals surface area contributed by atoms with Crippen LogP contribution in [-0.4, -0.2) is 36.5 Å². The fourth-order valence-electron chi connectivity index (χ4n) is 2.54. The van der Waals surface area contributed by atoms with Crippen molar-refractivity contribution >= 4 is 34.9 Å². The fraction of sp³-hybridized carbons (Fsp3) is 0.105. The Morgan fingerprint density at radius 3 is 2.82 bits per heavy atom. The summed E-state index contributed by atoms with van der Waals surface area (Å²) in [6, 6.07) is 14.9. The Labute approximate surface area is 170 Å². The van der Waals surface area contributed by atoms with Gasteiger partial charge in [-0.1, -0.05) is 41.6 Å². The molecule has 0 bridgehead atoms. The van der Waals surface area contributed by atoms with Gasteiger partial charge in [0.2, 0.25) is 11.1 Å². The molecule has 1 N–H and O–H groups in total. The molecule has 3 aromatic heterocycles. The monoisotopic (exact) mass is 410 g/mol. The second kappa shape index (κ2) is 8.37. The molecule has 3 heterocycles. The molecule has 140 valence electrons. The normalized spacial score (nSPS) is 10.9. The minimum absolute atomic E-state index is 0.120. The third-order valence-corrected chi connectivity index (χ3v) is 5.25. The van der Waals surface area contributed by atoms with Crippen LogP contribution in [0.25, 0.3) is 16.9 Å². The Balaban J connectivity index is 1.43. The number of hydrogen-bond acceptors (Lipinski definition) is 6. The Hall–Kier alpha value is -2.97. The minimum Gasteiger partial charge on any atom is -0.351 e. The molecule has 1 aromatic carbocycles. The highest BCUT2D eigenvalue weighted by Gasteiger charge is 2.12. The van der Waals surface area contributed by atoms with E-state index in [1.807, 2.05) is 42.5 Å². The summed E-state index contributed by atoms with van der Waals surface area (Å²) in [6.07, 6.45) is 3.46. The van der Waals surface area contributed by atoms with Crippen molar-refractivity contribution < 1.29 is 4.79 Å². The minimum atomic E-state index is -0.120. The second-order valence-corrected chi connectivity index (χ2v) is 7.22. The summed E-state index contributed by atoms with van der Waals surface area (Å²) < 4.78 is 1.63. The van der Waals surface area contributed by atoms with Crippen molar-refractivity contribution in [3.05, 3.63) is 71.5 Å². The zero-order valence-corrected chi connectivity index (χ0v) is 16.2. The predicted molar refractivity (Wildman–Crippen MR) is 108 cm³/mol. The number of nitrogens with one attached hydrogen (secondary N) is 1. The third kappa shape index (κ3) is 4.13. The van der Waals surface area contributed by atoms with Gasteiger partial charge in [0.05, 0.1) is 11.4 Å². The van der Waals surface area contributed by atoms with Crippen molar-refractivity contribution in [3.8, 4) is 11.3 Å². The van der Waals surface area contributed by atoms with Gasteiger partial charge in [0, 0.05) is 29.5 Å². The van der Waals surface area contributed by atoms with Crippen molar-refractivity contribution in [1.82, 2.24) is 30.1 Å². The standard InChI is InChI=1S/C19H15ClN6OS/c20-15-6-2-1-4-13(15)11-22-18(27)12-28-19-24-23-17-8-7-16(25-26(17)19)14-5-3-9-21-10-14/h1-10H,11-12H2,(H,22,27).